The van der Waals surface area contributed by atoms with E-state index >= 15 is 0 Å². The van der Waals surface area contributed by atoms with Crippen LogP contribution in [0.2, 0.25) is 0 Å². The van der Waals surface area contributed by atoms with Gasteiger partial charge in [0.25, 0.3) is 0 Å². The highest BCUT2D eigenvalue weighted by Crippen LogP contribution is 2.39. The minimum absolute atomic E-state index is 0.0375. The van der Waals surface area contributed by atoms with Crippen molar-refractivity contribution in [3.63, 3.8) is 0 Å². The molecular formula is C18H27BrFN. The largest absolute Gasteiger partial charge is 0.307 e. The van der Waals surface area contributed by atoms with Crippen LogP contribution in [0.25, 0.3) is 0 Å². The van der Waals surface area contributed by atoms with Gasteiger partial charge in [0, 0.05) is 22.1 Å². The lowest BCUT2D eigenvalue weighted by atomic mass is 9.69. The molecule has 1 aromatic carbocycles. The van der Waals surface area contributed by atoms with Gasteiger partial charge in [-0.15, -0.1) is 0 Å². The Balaban J connectivity index is 2.13. The Morgan fingerprint density at radius 1 is 1.24 bits per heavy atom. The van der Waals surface area contributed by atoms with E-state index in [4.69, 9.17) is 0 Å². The summed E-state index contributed by atoms with van der Waals surface area (Å²) in [6, 6.07) is 5.70. The number of halogens is 2. The van der Waals surface area contributed by atoms with Crippen molar-refractivity contribution in [1.82, 2.24) is 5.32 Å². The molecule has 0 amide bonds. The zero-order valence-corrected chi connectivity index (χ0v) is 15.1. The summed E-state index contributed by atoms with van der Waals surface area (Å²) < 4.78 is 15.0. The van der Waals surface area contributed by atoms with Crippen LogP contribution >= 0.6 is 15.9 Å². The molecule has 0 aromatic heterocycles. The summed E-state index contributed by atoms with van der Waals surface area (Å²) in [5, 5.41) is 3.70. The molecule has 1 aliphatic carbocycles. The van der Waals surface area contributed by atoms with Crippen molar-refractivity contribution in [3.05, 3.63) is 34.1 Å². The van der Waals surface area contributed by atoms with Crippen molar-refractivity contribution in [2.75, 3.05) is 0 Å². The van der Waals surface area contributed by atoms with Crippen molar-refractivity contribution >= 4 is 15.9 Å². The summed E-state index contributed by atoms with van der Waals surface area (Å²) >= 11 is 3.44. The number of hydrogen-bond donors (Lipinski definition) is 1. The zero-order valence-electron chi connectivity index (χ0n) is 13.5. The van der Waals surface area contributed by atoms with E-state index in [0.29, 0.717) is 17.4 Å². The molecule has 0 spiro atoms. The Labute approximate surface area is 136 Å². The molecule has 3 heteroatoms. The lowest BCUT2D eigenvalue weighted by Crippen LogP contribution is -2.45. The first kappa shape index (κ1) is 17.0. The summed E-state index contributed by atoms with van der Waals surface area (Å²) in [6.07, 6.45) is 5.06. The lowest BCUT2D eigenvalue weighted by Gasteiger charge is -2.42. The van der Waals surface area contributed by atoms with Gasteiger partial charge in [0.05, 0.1) is 0 Å². The Kier molecular flexibility index (Phi) is 5.48. The molecule has 1 saturated carbocycles. The third-order valence-electron chi connectivity index (χ3n) is 4.77. The molecule has 118 valence electrons. The predicted octanol–water partition coefficient (Wildman–Crippen LogP) is 5.84. The summed E-state index contributed by atoms with van der Waals surface area (Å²) in [7, 11) is 0. The minimum Gasteiger partial charge on any atom is -0.307 e. The molecule has 3 atom stereocenters. The van der Waals surface area contributed by atoms with E-state index in [9.17, 15) is 4.39 Å². The number of rotatable bonds is 3. The van der Waals surface area contributed by atoms with E-state index in [0.717, 1.165) is 10.0 Å². The van der Waals surface area contributed by atoms with Crippen molar-refractivity contribution in [3.8, 4) is 0 Å². The van der Waals surface area contributed by atoms with Gasteiger partial charge >= 0.3 is 0 Å². The second kappa shape index (κ2) is 6.78. The van der Waals surface area contributed by atoms with Crippen LogP contribution in [-0.4, -0.2) is 6.04 Å². The molecule has 3 unspecified atom stereocenters. The fourth-order valence-corrected chi connectivity index (χ4v) is 4.00. The molecule has 2 rings (SSSR count). The van der Waals surface area contributed by atoms with Crippen LogP contribution in [-0.2, 0) is 0 Å². The molecule has 1 nitrogen and oxygen atoms in total. The Morgan fingerprint density at radius 3 is 2.57 bits per heavy atom. The smallest absolute Gasteiger partial charge is 0.128 e. The van der Waals surface area contributed by atoms with Crippen molar-refractivity contribution in [2.45, 2.75) is 65.5 Å². The zero-order chi connectivity index (χ0) is 15.6. The quantitative estimate of drug-likeness (QED) is 0.717. The van der Waals surface area contributed by atoms with E-state index in [1.807, 2.05) is 6.07 Å². The van der Waals surface area contributed by atoms with Crippen molar-refractivity contribution in [1.29, 1.82) is 0 Å². The highest BCUT2D eigenvalue weighted by Gasteiger charge is 2.34. The molecule has 1 aliphatic rings. The van der Waals surface area contributed by atoms with Crippen LogP contribution < -0.4 is 5.32 Å². The van der Waals surface area contributed by atoms with E-state index in [1.165, 1.54) is 25.7 Å². The maximum Gasteiger partial charge on any atom is 0.128 e. The number of benzene rings is 1. The van der Waals surface area contributed by atoms with E-state index in [-0.39, 0.29) is 11.9 Å². The van der Waals surface area contributed by atoms with E-state index in [2.05, 4.69) is 48.9 Å². The Morgan fingerprint density at radius 2 is 1.90 bits per heavy atom. The first-order chi connectivity index (χ1) is 9.79. The molecule has 0 saturated heterocycles. The van der Waals surface area contributed by atoms with Gasteiger partial charge in [-0.05, 0) is 49.3 Å². The van der Waals surface area contributed by atoms with Gasteiger partial charge in [-0.3, -0.25) is 0 Å². The molecular weight excluding hydrogens is 329 g/mol. The molecule has 21 heavy (non-hydrogen) atoms. The molecule has 1 N–H and O–H groups in total. The molecule has 1 fully saturated rings. The SMILES string of the molecule is CC(NC1CCCCC1C(C)(C)C)c1cc(Br)ccc1F. The Bertz CT molecular complexity index is 481. The average molecular weight is 356 g/mol. The second-order valence-corrected chi connectivity index (χ2v) is 8.33. The molecule has 0 bridgehead atoms. The highest BCUT2D eigenvalue weighted by atomic mass is 79.9. The average Bonchev–Trinajstić information content (AvgIpc) is 2.41. The fraction of sp³-hybridized carbons (Fsp3) is 0.667. The third-order valence-corrected chi connectivity index (χ3v) is 5.26. The maximum absolute atomic E-state index is 14.0. The molecule has 0 aliphatic heterocycles. The summed E-state index contributed by atoms with van der Waals surface area (Å²) in [5.74, 6) is 0.533. The first-order valence-electron chi connectivity index (χ1n) is 8.00. The normalized spacial score (nSPS) is 24.9. The first-order valence-corrected chi connectivity index (χ1v) is 8.79. The van der Waals surface area contributed by atoms with Crippen molar-refractivity contribution in [2.24, 2.45) is 11.3 Å². The van der Waals surface area contributed by atoms with Crippen LogP contribution in [0.15, 0.2) is 22.7 Å². The van der Waals surface area contributed by atoms with E-state index < -0.39 is 0 Å². The van der Waals surface area contributed by atoms with Gasteiger partial charge in [-0.1, -0.05) is 49.5 Å². The standard InChI is InChI=1S/C18H27BrFN/c1-12(14-11-13(19)9-10-16(14)20)21-17-8-6-5-7-15(17)18(2,3)4/h9-12,15,17,21H,5-8H2,1-4H3. The van der Waals surface area contributed by atoms with Crippen LogP contribution in [0.3, 0.4) is 0 Å². The van der Waals surface area contributed by atoms with E-state index in [1.54, 1.807) is 12.1 Å². The van der Waals surface area contributed by atoms with Gasteiger partial charge in [0.2, 0.25) is 0 Å². The van der Waals surface area contributed by atoms with Crippen molar-refractivity contribution < 1.29 is 4.39 Å². The van der Waals surface area contributed by atoms with Crippen LogP contribution in [0.5, 0.6) is 0 Å². The summed E-state index contributed by atoms with van der Waals surface area (Å²) in [4.78, 5) is 0. The third kappa shape index (κ3) is 4.29. The fourth-order valence-electron chi connectivity index (χ4n) is 3.62. The number of hydrogen-bond acceptors (Lipinski definition) is 1. The highest BCUT2D eigenvalue weighted by molar-refractivity contribution is 9.10. The summed E-state index contributed by atoms with van der Waals surface area (Å²) in [6.45, 7) is 9.03. The van der Waals surface area contributed by atoms with Gasteiger partial charge in [-0.2, -0.15) is 0 Å². The number of nitrogens with one attached hydrogen (secondary N) is 1. The molecule has 1 aromatic rings. The van der Waals surface area contributed by atoms with Crippen LogP contribution in [0.1, 0.15) is 65.0 Å². The minimum atomic E-state index is -0.124. The maximum atomic E-state index is 14.0. The van der Waals surface area contributed by atoms with Gasteiger partial charge < -0.3 is 5.32 Å². The summed E-state index contributed by atoms with van der Waals surface area (Å²) in [5.41, 5.74) is 1.05. The topological polar surface area (TPSA) is 12.0 Å². The Hall–Kier alpha value is -0.410. The van der Waals surface area contributed by atoms with Crippen LogP contribution in [0.4, 0.5) is 4.39 Å². The monoisotopic (exact) mass is 355 g/mol. The molecule has 0 radical (unpaired) electrons. The van der Waals surface area contributed by atoms with Gasteiger partial charge in [0.1, 0.15) is 5.82 Å². The second-order valence-electron chi connectivity index (χ2n) is 7.42. The van der Waals surface area contributed by atoms with Gasteiger partial charge in [0.15, 0.2) is 0 Å². The lowest BCUT2D eigenvalue weighted by molar-refractivity contribution is 0.124. The predicted molar refractivity (Wildman–Crippen MR) is 90.9 cm³/mol. The molecule has 0 heterocycles. The van der Waals surface area contributed by atoms with Crippen LogP contribution in [0, 0.1) is 17.2 Å². The van der Waals surface area contributed by atoms with Gasteiger partial charge in [-0.25, -0.2) is 4.39 Å².